The predicted molar refractivity (Wildman–Crippen MR) is 84.0 cm³/mol. The lowest BCUT2D eigenvalue weighted by atomic mass is 9.79. The molecule has 1 aromatic heterocycles. The fraction of sp³-hybridized carbons (Fsp3) is 0.438. The van der Waals surface area contributed by atoms with E-state index in [0.717, 1.165) is 16.8 Å². The summed E-state index contributed by atoms with van der Waals surface area (Å²) in [5, 5.41) is 0. The van der Waals surface area contributed by atoms with Gasteiger partial charge in [-0.2, -0.15) is 0 Å². The van der Waals surface area contributed by atoms with Gasteiger partial charge in [0.05, 0.1) is 23.2 Å². The summed E-state index contributed by atoms with van der Waals surface area (Å²) in [5.41, 5.74) is 2.44. The lowest BCUT2D eigenvalue weighted by Gasteiger charge is -2.32. The molecule has 0 saturated carbocycles. The Bertz CT molecular complexity index is 648. The topological polar surface area (TPSA) is 36.3 Å². The van der Waals surface area contributed by atoms with Crippen LogP contribution in [0.5, 0.6) is 0 Å². The van der Waals surface area contributed by atoms with E-state index in [1.807, 2.05) is 36.1 Å². The van der Waals surface area contributed by atoms with Gasteiger partial charge in [-0.15, -0.1) is 0 Å². The van der Waals surface area contributed by atoms with Gasteiger partial charge in [0.1, 0.15) is 0 Å². The van der Waals surface area contributed by atoms with Gasteiger partial charge < -0.3 is 13.9 Å². The average molecular weight is 284 g/mol. The van der Waals surface area contributed by atoms with Crippen LogP contribution >= 0.6 is 0 Å². The first-order chi connectivity index (χ1) is 9.78. The van der Waals surface area contributed by atoms with Crippen molar-refractivity contribution in [1.82, 2.24) is 9.55 Å². The van der Waals surface area contributed by atoms with Crippen LogP contribution in [0.15, 0.2) is 36.8 Å². The third kappa shape index (κ3) is 2.52. The van der Waals surface area contributed by atoms with Gasteiger partial charge in [-0.25, -0.2) is 4.98 Å². The highest BCUT2D eigenvalue weighted by Gasteiger charge is 2.51. The first-order valence-corrected chi connectivity index (χ1v) is 7.25. The normalized spacial score (nSPS) is 20.0. The molecule has 0 unspecified atom stereocenters. The molecule has 0 amide bonds. The maximum absolute atomic E-state index is 6.10. The Balaban J connectivity index is 1.91. The second kappa shape index (κ2) is 4.72. The van der Waals surface area contributed by atoms with Crippen LogP contribution < -0.4 is 5.46 Å². The molecule has 1 aliphatic rings. The second-order valence-corrected chi connectivity index (χ2v) is 6.61. The molecule has 2 aromatic rings. The zero-order valence-corrected chi connectivity index (χ0v) is 13.3. The molecule has 0 spiro atoms. The van der Waals surface area contributed by atoms with E-state index >= 15 is 0 Å². The number of nitrogens with zero attached hydrogens (tertiary/aromatic N) is 2. The number of aromatic nitrogens is 2. The molecule has 110 valence electrons. The van der Waals surface area contributed by atoms with E-state index < -0.39 is 0 Å². The molecule has 0 bridgehead atoms. The minimum atomic E-state index is -0.334. The van der Waals surface area contributed by atoms with E-state index in [-0.39, 0.29) is 18.3 Å². The summed E-state index contributed by atoms with van der Waals surface area (Å²) in [7, 11) is -0.334. The van der Waals surface area contributed by atoms with Crippen molar-refractivity contribution in [2.45, 2.75) is 45.8 Å². The third-order valence-corrected chi connectivity index (χ3v) is 4.41. The van der Waals surface area contributed by atoms with Crippen molar-refractivity contribution in [3.8, 4) is 5.69 Å². The van der Waals surface area contributed by atoms with E-state index in [1.165, 1.54) is 0 Å². The fourth-order valence-corrected chi connectivity index (χ4v) is 2.37. The molecule has 0 N–H and O–H groups in total. The standard InChI is InChI=1S/C16H21BN2O2/c1-12-10-19(11-18-12)14-8-6-7-13(9-14)17-20-15(2,3)16(4,5)21-17/h6-11H,1-5H3. The van der Waals surface area contributed by atoms with Crippen LogP contribution in [-0.2, 0) is 9.31 Å². The third-order valence-electron chi connectivity index (χ3n) is 4.41. The highest BCUT2D eigenvalue weighted by molar-refractivity contribution is 6.62. The molecule has 2 heterocycles. The van der Waals surface area contributed by atoms with E-state index in [9.17, 15) is 0 Å². The lowest BCUT2D eigenvalue weighted by Crippen LogP contribution is -2.41. The quantitative estimate of drug-likeness (QED) is 0.795. The molecule has 4 nitrogen and oxygen atoms in total. The first-order valence-electron chi connectivity index (χ1n) is 7.25. The van der Waals surface area contributed by atoms with Gasteiger partial charge in [-0.1, -0.05) is 12.1 Å². The SMILES string of the molecule is Cc1cn(-c2cccc(B3OC(C)(C)C(C)(C)O3)c2)cn1. The predicted octanol–water partition coefficient (Wildman–Crippen LogP) is 2.48. The molecular weight excluding hydrogens is 263 g/mol. The van der Waals surface area contributed by atoms with E-state index in [2.05, 4.69) is 44.8 Å². The minimum absolute atomic E-state index is 0.320. The first kappa shape index (κ1) is 14.4. The molecule has 1 aliphatic heterocycles. The maximum atomic E-state index is 6.10. The Morgan fingerprint density at radius 1 is 1.10 bits per heavy atom. The number of hydrogen-bond acceptors (Lipinski definition) is 3. The van der Waals surface area contributed by atoms with Crippen molar-refractivity contribution in [2.75, 3.05) is 0 Å². The highest BCUT2D eigenvalue weighted by atomic mass is 16.7. The largest absolute Gasteiger partial charge is 0.494 e. The van der Waals surface area contributed by atoms with Crippen molar-refractivity contribution < 1.29 is 9.31 Å². The minimum Gasteiger partial charge on any atom is -0.399 e. The van der Waals surface area contributed by atoms with Crippen LogP contribution in [0.3, 0.4) is 0 Å². The Hall–Kier alpha value is -1.59. The summed E-state index contributed by atoms with van der Waals surface area (Å²) in [5.74, 6) is 0. The van der Waals surface area contributed by atoms with Gasteiger partial charge >= 0.3 is 7.12 Å². The van der Waals surface area contributed by atoms with Gasteiger partial charge in [-0.3, -0.25) is 0 Å². The molecular formula is C16H21BN2O2. The Labute approximate surface area is 126 Å². The van der Waals surface area contributed by atoms with Crippen LogP contribution in [0.2, 0.25) is 0 Å². The monoisotopic (exact) mass is 284 g/mol. The van der Waals surface area contributed by atoms with Crippen LogP contribution in [0, 0.1) is 6.92 Å². The zero-order valence-electron chi connectivity index (χ0n) is 13.3. The fourth-order valence-electron chi connectivity index (χ4n) is 2.37. The summed E-state index contributed by atoms with van der Waals surface area (Å²) in [4.78, 5) is 4.27. The number of imidazole rings is 1. The van der Waals surface area contributed by atoms with Crippen molar-refractivity contribution in [2.24, 2.45) is 0 Å². The zero-order chi connectivity index (χ0) is 15.3. The van der Waals surface area contributed by atoms with Crippen molar-refractivity contribution in [3.63, 3.8) is 0 Å². The molecule has 0 aliphatic carbocycles. The van der Waals surface area contributed by atoms with Crippen LogP contribution in [0.1, 0.15) is 33.4 Å². The molecule has 1 aromatic carbocycles. The Morgan fingerprint density at radius 2 is 1.76 bits per heavy atom. The van der Waals surface area contributed by atoms with Crippen molar-refractivity contribution in [1.29, 1.82) is 0 Å². The second-order valence-electron chi connectivity index (χ2n) is 6.61. The number of benzene rings is 1. The van der Waals surface area contributed by atoms with Crippen molar-refractivity contribution in [3.05, 3.63) is 42.5 Å². The summed E-state index contributed by atoms with van der Waals surface area (Å²) < 4.78 is 14.2. The summed E-state index contributed by atoms with van der Waals surface area (Å²) in [6, 6.07) is 8.19. The van der Waals surface area contributed by atoms with Gasteiger partial charge in [0.2, 0.25) is 0 Å². The molecule has 1 saturated heterocycles. The van der Waals surface area contributed by atoms with Crippen LogP contribution in [0.25, 0.3) is 5.69 Å². The smallest absolute Gasteiger partial charge is 0.399 e. The highest BCUT2D eigenvalue weighted by Crippen LogP contribution is 2.36. The van der Waals surface area contributed by atoms with Crippen LogP contribution in [-0.4, -0.2) is 27.9 Å². The summed E-state index contributed by atoms with van der Waals surface area (Å²) in [6.07, 6.45) is 3.82. The van der Waals surface area contributed by atoms with Gasteiger partial charge in [0, 0.05) is 11.9 Å². The van der Waals surface area contributed by atoms with E-state index in [0.29, 0.717) is 0 Å². The molecule has 0 radical (unpaired) electrons. The van der Waals surface area contributed by atoms with Gasteiger partial charge in [0.25, 0.3) is 0 Å². The summed E-state index contributed by atoms with van der Waals surface area (Å²) in [6.45, 7) is 10.2. The Kier molecular flexibility index (Phi) is 3.22. The molecule has 21 heavy (non-hydrogen) atoms. The maximum Gasteiger partial charge on any atom is 0.494 e. The van der Waals surface area contributed by atoms with Gasteiger partial charge in [-0.05, 0) is 52.2 Å². The van der Waals surface area contributed by atoms with E-state index in [1.54, 1.807) is 0 Å². The average Bonchev–Trinajstić information content (AvgIpc) is 2.92. The van der Waals surface area contributed by atoms with E-state index in [4.69, 9.17) is 9.31 Å². The number of rotatable bonds is 2. The molecule has 5 heteroatoms. The number of aryl methyl sites for hydroxylation is 1. The Morgan fingerprint density at radius 3 is 2.33 bits per heavy atom. The molecule has 3 rings (SSSR count). The lowest BCUT2D eigenvalue weighted by molar-refractivity contribution is 0.00578. The summed E-state index contributed by atoms with van der Waals surface area (Å²) >= 11 is 0. The van der Waals surface area contributed by atoms with Crippen LogP contribution in [0.4, 0.5) is 0 Å². The molecule has 0 atom stereocenters. The molecule has 1 fully saturated rings. The van der Waals surface area contributed by atoms with Crippen molar-refractivity contribution >= 4 is 12.6 Å². The number of hydrogen-bond donors (Lipinski definition) is 0. The van der Waals surface area contributed by atoms with Gasteiger partial charge in [0.15, 0.2) is 0 Å².